The van der Waals surface area contributed by atoms with Crippen molar-refractivity contribution in [2.45, 2.75) is 0 Å². The number of rotatable bonds is 6. The molecule has 0 saturated heterocycles. The normalized spacial score (nSPS) is 9.40. The summed E-state index contributed by atoms with van der Waals surface area (Å²) in [4.78, 5) is 0. The summed E-state index contributed by atoms with van der Waals surface area (Å²) in [5, 5.41) is 23.5. The van der Waals surface area contributed by atoms with Crippen LogP contribution in [0.1, 0.15) is 0 Å². The molecule has 0 aliphatic heterocycles. The third kappa shape index (κ3) is 13.6. The van der Waals surface area contributed by atoms with Crippen LogP contribution < -0.4 is 31.8 Å². The van der Waals surface area contributed by atoms with Gasteiger partial charge in [0, 0.05) is 0 Å². The van der Waals surface area contributed by atoms with Crippen molar-refractivity contribution in [3.63, 3.8) is 0 Å². The van der Waals surface area contributed by atoms with E-state index < -0.39 is 15.8 Å². The van der Waals surface area contributed by atoms with Crippen LogP contribution in [0.5, 0.6) is 0 Å². The molecule has 0 radical (unpaired) electrons. The molecule has 0 atom stereocenters. The minimum atomic E-state index is -0.446. The van der Waals surface area contributed by atoms with Gasteiger partial charge in [-0.15, -0.1) is 0 Å². The molecule has 0 fully saturated rings. The minimum absolute atomic E-state index is 0. The Hall–Kier alpha value is -4.12. The van der Waals surface area contributed by atoms with Crippen LogP contribution in [-0.4, -0.2) is 23.4 Å². The van der Waals surface area contributed by atoms with E-state index in [0.29, 0.717) is 0 Å². The summed E-state index contributed by atoms with van der Waals surface area (Å²) in [6.07, 6.45) is 11.9. The maximum Gasteiger partial charge on any atom is 2.00 e. The molecule has 0 spiro atoms. The molecular weight excluding hydrogens is 705 g/mol. The summed E-state index contributed by atoms with van der Waals surface area (Å²) in [7, 11) is -0.892. The van der Waals surface area contributed by atoms with Crippen molar-refractivity contribution in [2.24, 2.45) is 0 Å². The van der Waals surface area contributed by atoms with Gasteiger partial charge in [0.1, 0.15) is 0 Å². The zero-order valence-electron chi connectivity index (χ0n) is 25.8. The molecule has 0 unspecified atom stereocenters. The summed E-state index contributed by atoms with van der Waals surface area (Å²) in [6, 6.07) is 64.7. The van der Waals surface area contributed by atoms with E-state index in [9.17, 15) is 0 Å². The van der Waals surface area contributed by atoms with E-state index in [-0.39, 0.29) is 33.6 Å². The Morgan fingerprint density at radius 1 is 0.340 bits per heavy atom. The van der Waals surface area contributed by atoms with Gasteiger partial charge in [-0.1, -0.05) is 182 Å². The van der Waals surface area contributed by atoms with Crippen LogP contribution >= 0.6 is 15.8 Å². The van der Waals surface area contributed by atoms with Crippen molar-refractivity contribution in [3.8, 4) is 11.8 Å². The Bertz CT molecular complexity index is 1390. The molecule has 0 aromatic heterocycles. The second-order valence-electron chi connectivity index (χ2n) is 9.35. The van der Waals surface area contributed by atoms with Gasteiger partial charge in [-0.2, -0.15) is 0 Å². The van der Waals surface area contributed by atoms with Gasteiger partial charge in [0.2, 0.25) is 0 Å². The predicted octanol–water partition coefficient (Wildman–Crippen LogP) is 6.02. The largest absolute Gasteiger partial charge is 2.00 e. The van der Waals surface area contributed by atoms with Crippen molar-refractivity contribution in [1.82, 2.24) is 0 Å². The molecule has 0 saturated carbocycles. The molecule has 236 valence electrons. The van der Waals surface area contributed by atoms with Gasteiger partial charge in [0.05, 0.1) is 13.2 Å². The van der Waals surface area contributed by atoms with Gasteiger partial charge in [-0.25, -0.2) is 0 Å². The SMILES string of the molecule is [C-]#CCO.[C-]#CCO.[Pd+2].c1ccc(P(c2ccccc2)c2ccccc2)cc1.c1ccc(P(c2ccccc2)c2ccccc2)cc1. The third-order valence-corrected chi connectivity index (χ3v) is 11.1. The quantitative estimate of drug-likeness (QED) is 0.0950. The summed E-state index contributed by atoms with van der Waals surface area (Å²) in [5.74, 6) is 3.47. The van der Waals surface area contributed by atoms with Crippen molar-refractivity contribution in [2.75, 3.05) is 13.2 Å². The Kier molecular flexibility index (Phi) is 20.0. The van der Waals surface area contributed by atoms with Gasteiger partial charge in [-0.3, -0.25) is 0 Å². The van der Waals surface area contributed by atoms with Crippen LogP contribution in [0.2, 0.25) is 0 Å². The first kappa shape index (κ1) is 39.1. The summed E-state index contributed by atoms with van der Waals surface area (Å²) in [5.41, 5.74) is 0. The van der Waals surface area contributed by atoms with Crippen LogP contribution in [0.4, 0.5) is 0 Å². The maximum absolute atomic E-state index is 7.58. The minimum Gasteiger partial charge on any atom is -0.691 e. The molecule has 5 heteroatoms. The second-order valence-corrected chi connectivity index (χ2v) is 13.8. The number of hydrogen-bond acceptors (Lipinski definition) is 2. The second kappa shape index (κ2) is 24.1. The molecule has 0 aliphatic rings. The molecule has 47 heavy (non-hydrogen) atoms. The van der Waals surface area contributed by atoms with Crippen molar-refractivity contribution in [1.29, 1.82) is 0 Å². The summed E-state index contributed by atoms with van der Waals surface area (Å²) in [6.45, 7) is -0.528. The van der Waals surface area contributed by atoms with Crippen molar-refractivity contribution in [3.05, 3.63) is 195 Å². The maximum atomic E-state index is 7.58. The first-order valence-electron chi connectivity index (χ1n) is 14.6. The molecule has 6 aromatic rings. The summed E-state index contributed by atoms with van der Waals surface area (Å²) >= 11 is 0. The van der Waals surface area contributed by atoms with Crippen molar-refractivity contribution >= 4 is 47.7 Å². The molecule has 0 aliphatic carbocycles. The standard InChI is InChI=1S/2C18H15P.2C3H3O.Pd/c2*1-4-10-16(11-5-1)19(17-12-6-2-7-13-17)18-14-8-3-9-15-18;2*1-2-3-4;/h2*1-15H;2*4H,3H2;/q;;2*-1;+2. The topological polar surface area (TPSA) is 40.5 Å². The molecule has 6 rings (SSSR count). The fraction of sp³-hybridized carbons (Fsp3) is 0.0476. The van der Waals surface area contributed by atoms with Crippen LogP contribution in [0.25, 0.3) is 0 Å². The monoisotopic (exact) mass is 740 g/mol. The van der Waals surface area contributed by atoms with Gasteiger partial charge in [0.25, 0.3) is 0 Å². The smallest absolute Gasteiger partial charge is 0.691 e. The zero-order chi connectivity index (χ0) is 32.7. The Labute approximate surface area is 296 Å². The van der Waals surface area contributed by atoms with Crippen molar-refractivity contribution < 1.29 is 30.6 Å². The van der Waals surface area contributed by atoms with E-state index in [0.717, 1.165) is 0 Å². The fourth-order valence-electron chi connectivity index (χ4n) is 4.36. The van der Waals surface area contributed by atoms with Gasteiger partial charge in [-0.05, 0) is 47.7 Å². The van der Waals surface area contributed by atoms with Crippen LogP contribution in [0.15, 0.2) is 182 Å². The molecule has 0 heterocycles. The van der Waals surface area contributed by atoms with Crippen LogP contribution in [0.3, 0.4) is 0 Å². The van der Waals surface area contributed by atoms with Gasteiger partial charge in [0.15, 0.2) is 0 Å². The number of aliphatic hydroxyl groups is 2. The average Bonchev–Trinajstić information content (AvgIpc) is 3.15. The predicted molar refractivity (Wildman–Crippen MR) is 199 cm³/mol. The van der Waals surface area contributed by atoms with E-state index >= 15 is 0 Å². The van der Waals surface area contributed by atoms with Gasteiger partial charge >= 0.3 is 20.4 Å². The molecule has 0 amide bonds. The molecule has 0 bridgehead atoms. The number of hydrogen-bond donors (Lipinski definition) is 2. The molecule has 6 aromatic carbocycles. The number of aliphatic hydroxyl groups excluding tert-OH is 2. The first-order chi connectivity index (χ1) is 22.7. The molecular formula is C42H36O2P2Pd. The number of benzene rings is 6. The Morgan fingerprint density at radius 2 is 0.468 bits per heavy atom. The van der Waals surface area contributed by atoms with Crippen LogP contribution in [-0.2, 0) is 20.4 Å². The summed E-state index contributed by atoms with van der Waals surface area (Å²) < 4.78 is 0. The van der Waals surface area contributed by atoms with Gasteiger partial charge < -0.3 is 34.9 Å². The third-order valence-electron chi connectivity index (χ3n) is 6.24. The fourth-order valence-corrected chi connectivity index (χ4v) is 8.97. The Morgan fingerprint density at radius 3 is 0.574 bits per heavy atom. The zero-order valence-corrected chi connectivity index (χ0v) is 29.2. The molecule has 2 nitrogen and oxygen atoms in total. The Balaban J connectivity index is 0.000000262. The van der Waals surface area contributed by atoms with E-state index in [1.54, 1.807) is 11.8 Å². The molecule has 2 N–H and O–H groups in total. The average molecular weight is 741 g/mol. The van der Waals surface area contributed by atoms with E-state index in [1.165, 1.54) is 31.8 Å². The van der Waals surface area contributed by atoms with E-state index in [1.807, 2.05) is 0 Å². The van der Waals surface area contributed by atoms with E-state index in [4.69, 9.17) is 23.1 Å². The van der Waals surface area contributed by atoms with Crippen LogP contribution in [0, 0.1) is 24.7 Å². The first-order valence-corrected chi connectivity index (χ1v) is 17.3. The van der Waals surface area contributed by atoms with E-state index in [2.05, 4.69) is 182 Å².